The summed E-state index contributed by atoms with van der Waals surface area (Å²) in [6, 6.07) is 12.5. The first-order chi connectivity index (χ1) is 12.5. The summed E-state index contributed by atoms with van der Waals surface area (Å²) in [6.45, 7) is 1.68. The normalized spacial score (nSPS) is 14.0. The molecule has 0 unspecified atom stereocenters. The largest absolute Gasteiger partial charge is 0.339 e. The van der Waals surface area contributed by atoms with E-state index in [1.165, 1.54) is 6.42 Å². The zero-order chi connectivity index (χ0) is 18.5. The highest BCUT2D eigenvalue weighted by molar-refractivity contribution is 7.80. The van der Waals surface area contributed by atoms with Crippen LogP contribution in [0.15, 0.2) is 42.5 Å². The Morgan fingerprint density at radius 3 is 2.08 bits per heavy atom. The van der Waals surface area contributed by atoms with E-state index in [1.54, 1.807) is 18.2 Å². The van der Waals surface area contributed by atoms with Gasteiger partial charge in [0.1, 0.15) is 0 Å². The predicted molar refractivity (Wildman–Crippen MR) is 113 cm³/mol. The van der Waals surface area contributed by atoms with Crippen LogP contribution >= 0.6 is 35.4 Å². The molecule has 1 aliphatic rings. The van der Waals surface area contributed by atoms with E-state index in [4.69, 9.17) is 35.4 Å². The lowest BCUT2D eigenvalue weighted by Gasteiger charge is -2.26. The number of halogens is 2. The molecule has 0 radical (unpaired) electrons. The second kappa shape index (κ2) is 8.71. The van der Waals surface area contributed by atoms with E-state index in [0.717, 1.165) is 31.6 Å². The number of anilines is 2. The first-order valence-electron chi connectivity index (χ1n) is 8.45. The van der Waals surface area contributed by atoms with Gasteiger partial charge in [-0.25, -0.2) is 0 Å². The van der Waals surface area contributed by atoms with Crippen LogP contribution in [0, 0.1) is 0 Å². The Balaban J connectivity index is 1.59. The molecule has 1 fully saturated rings. The second-order valence-corrected chi connectivity index (χ2v) is 7.45. The third-order valence-electron chi connectivity index (χ3n) is 4.15. The Morgan fingerprint density at radius 2 is 1.46 bits per heavy atom. The maximum Gasteiger partial charge on any atom is 0.253 e. The molecule has 1 saturated heterocycles. The van der Waals surface area contributed by atoms with Gasteiger partial charge in [0.2, 0.25) is 0 Å². The van der Waals surface area contributed by atoms with Crippen molar-refractivity contribution in [3.8, 4) is 0 Å². The fourth-order valence-corrected chi connectivity index (χ4v) is 3.66. The molecule has 2 aromatic rings. The standard InChI is InChI=1S/C19H19Cl2N3OS/c20-14-10-15(21)12-17(11-14)23-19(26)22-16-6-4-13(5-7-16)18(25)24-8-2-1-3-9-24/h4-7,10-12H,1-3,8-9H2,(H2,22,23,26). The molecular weight excluding hydrogens is 389 g/mol. The molecule has 0 spiro atoms. The number of carbonyl (C=O) groups excluding carboxylic acids is 1. The van der Waals surface area contributed by atoms with Crippen molar-refractivity contribution < 1.29 is 4.79 Å². The molecular formula is C19H19Cl2N3OS. The molecule has 1 amide bonds. The highest BCUT2D eigenvalue weighted by atomic mass is 35.5. The zero-order valence-corrected chi connectivity index (χ0v) is 16.4. The number of nitrogens with one attached hydrogen (secondary N) is 2. The van der Waals surface area contributed by atoms with Crippen molar-refractivity contribution in [2.24, 2.45) is 0 Å². The topological polar surface area (TPSA) is 44.4 Å². The summed E-state index contributed by atoms with van der Waals surface area (Å²) < 4.78 is 0. The maximum absolute atomic E-state index is 12.5. The van der Waals surface area contributed by atoms with Gasteiger partial charge in [-0.2, -0.15) is 0 Å². The lowest BCUT2D eigenvalue weighted by molar-refractivity contribution is 0.0724. The van der Waals surface area contributed by atoms with Crippen LogP contribution in [0.4, 0.5) is 11.4 Å². The van der Waals surface area contributed by atoms with E-state index >= 15 is 0 Å². The minimum atomic E-state index is 0.0884. The molecule has 26 heavy (non-hydrogen) atoms. The summed E-state index contributed by atoms with van der Waals surface area (Å²) in [5, 5.41) is 7.60. The van der Waals surface area contributed by atoms with Crippen LogP contribution in [0.3, 0.4) is 0 Å². The van der Waals surface area contributed by atoms with E-state index in [9.17, 15) is 4.79 Å². The number of benzene rings is 2. The molecule has 7 heteroatoms. The van der Waals surface area contributed by atoms with Gasteiger partial charge < -0.3 is 15.5 Å². The summed E-state index contributed by atoms with van der Waals surface area (Å²) in [7, 11) is 0. The molecule has 2 aromatic carbocycles. The Morgan fingerprint density at radius 1 is 0.885 bits per heavy atom. The van der Waals surface area contributed by atoms with Gasteiger partial charge in [-0.15, -0.1) is 0 Å². The lowest BCUT2D eigenvalue weighted by Crippen LogP contribution is -2.35. The van der Waals surface area contributed by atoms with Crippen LogP contribution < -0.4 is 10.6 Å². The number of carbonyl (C=O) groups is 1. The number of amides is 1. The molecule has 3 rings (SSSR count). The SMILES string of the molecule is O=C(c1ccc(NC(=S)Nc2cc(Cl)cc(Cl)c2)cc1)N1CCCCC1. The third-order valence-corrected chi connectivity index (χ3v) is 4.79. The van der Waals surface area contributed by atoms with E-state index < -0.39 is 0 Å². The predicted octanol–water partition coefficient (Wildman–Crippen LogP) is 5.43. The van der Waals surface area contributed by atoms with Gasteiger partial charge in [-0.05, 0) is 73.9 Å². The smallest absolute Gasteiger partial charge is 0.253 e. The first kappa shape index (κ1) is 19.0. The summed E-state index contributed by atoms with van der Waals surface area (Å²) in [4.78, 5) is 14.4. The summed E-state index contributed by atoms with van der Waals surface area (Å²) in [6.07, 6.45) is 3.37. The Bertz CT molecular complexity index is 785. The third kappa shape index (κ3) is 5.10. The molecule has 136 valence electrons. The number of hydrogen-bond acceptors (Lipinski definition) is 2. The van der Waals surface area contributed by atoms with Gasteiger partial charge in [-0.1, -0.05) is 23.2 Å². The maximum atomic E-state index is 12.5. The van der Waals surface area contributed by atoms with Gasteiger partial charge >= 0.3 is 0 Å². The Labute approximate surface area is 168 Å². The van der Waals surface area contributed by atoms with Gasteiger partial charge in [0.25, 0.3) is 5.91 Å². The summed E-state index contributed by atoms with van der Waals surface area (Å²) in [5.74, 6) is 0.0884. The van der Waals surface area contributed by atoms with Gasteiger partial charge in [-0.3, -0.25) is 4.79 Å². The van der Waals surface area contributed by atoms with Crippen LogP contribution in [0.5, 0.6) is 0 Å². The van der Waals surface area contributed by atoms with Gasteiger partial charge in [0.05, 0.1) is 0 Å². The van der Waals surface area contributed by atoms with E-state index in [0.29, 0.717) is 26.4 Å². The average Bonchev–Trinajstić information content (AvgIpc) is 2.61. The number of nitrogens with zero attached hydrogens (tertiary/aromatic N) is 1. The van der Waals surface area contributed by atoms with Crippen molar-refractivity contribution in [3.05, 3.63) is 58.1 Å². The number of piperidine rings is 1. The fraction of sp³-hybridized carbons (Fsp3) is 0.263. The highest BCUT2D eigenvalue weighted by Gasteiger charge is 2.17. The highest BCUT2D eigenvalue weighted by Crippen LogP contribution is 2.23. The van der Waals surface area contributed by atoms with Gasteiger partial charge in [0.15, 0.2) is 5.11 Å². The van der Waals surface area contributed by atoms with E-state index in [1.807, 2.05) is 29.2 Å². The van der Waals surface area contributed by atoms with Gasteiger partial charge in [0, 0.05) is 40.1 Å². The Kier molecular flexibility index (Phi) is 6.35. The quantitative estimate of drug-likeness (QED) is 0.665. The average molecular weight is 408 g/mol. The fourth-order valence-electron chi connectivity index (χ4n) is 2.90. The van der Waals surface area contributed by atoms with Crippen LogP contribution in [-0.2, 0) is 0 Å². The Hall–Kier alpha value is -1.82. The van der Waals surface area contributed by atoms with Crippen LogP contribution in [-0.4, -0.2) is 29.0 Å². The van der Waals surface area contributed by atoms with E-state index in [-0.39, 0.29) is 5.91 Å². The first-order valence-corrected chi connectivity index (χ1v) is 9.61. The summed E-state index contributed by atoms with van der Waals surface area (Å²) in [5.41, 5.74) is 2.20. The van der Waals surface area contributed by atoms with E-state index in [2.05, 4.69) is 10.6 Å². The number of likely N-dealkylation sites (tertiary alicyclic amines) is 1. The molecule has 0 aliphatic carbocycles. The second-order valence-electron chi connectivity index (χ2n) is 6.17. The van der Waals surface area contributed by atoms with Crippen LogP contribution in [0.2, 0.25) is 10.0 Å². The molecule has 0 aromatic heterocycles. The monoisotopic (exact) mass is 407 g/mol. The van der Waals surface area contributed by atoms with Crippen LogP contribution in [0.1, 0.15) is 29.6 Å². The van der Waals surface area contributed by atoms with Crippen molar-refractivity contribution in [1.29, 1.82) is 0 Å². The molecule has 0 atom stereocenters. The molecule has 2 N–H and O–H groups in total. The molecule has 1 heterocycles. The minimum absolute atomic E-state index is 0.0884. The molecule has 1 aliphatic heterocycles. The van der Waals surface area contributed by atoms with Crippen molar-refractivity contribution in [1.82, 2.24) is 4.90 Å². The number of rotatable bonds is 3. The van der Waals surface area contributed by atoms with Crippen molar-refractivity contribution in [3.63, 3.8) is 0 Å². The van der Waals surface area contributed by atoms with Crippen molar-refractivity contribution >= 4 is 57.8 Å². The minimum Gasteiger partial charge on any atom is -0.339 e. The molecule has 0 saturated carbocycles. The number of thiocarbonyl (C=S) groups is 1. The molecule has 0 bridgehead atoms. The zero-order valence-electron chi connectivity index (χ0n) is 14.1. The van der Waals surface area contributed by atoms with Crippen molar-refractivity contribution in [2.75, 3.05) is 23.7 Å². The van der Waals surface area contributed by atoms with Crippen molar-refractivity contribution in [2.45, 2.75) is 19.3 Å². The summed E-state index contributed by atoms with van der Waals surface area (Å²) >= 11 is 17.3. The molecule has 4 nitrogen and oxygen atoms in total. The van der Waals surface area contributed by atoms with Crippen LogP contribution in [0.25, 0.3) is 0 Å². The number of hydrogen-bond donors (Lipinski definition) is 2. The lowest BCUT2D eigenvalue weighted by atomic mass is 10.1.